The van der Waals surface area contributed by atoms with Crippen LogP contribution in [0.25, 0.3) is 0 Å². The molecule has 0 fully saturated rings. The lowest BCUT2D eigenvalue weighted by atomic mass is 10.3. The van der Waals surface area contributed by atoms with Gasteiger partial charge >= 0.3 is 0 Å². The molecule has 8 heavy (non-hydrogen) atoms. The second-order valence-corrected chi connectivity index (χ2v) is 1.39. The molecule has 0 aromatic carbocycles. The van der Waals surface area contributed by atoms with Gasteiger partial charge in [0, 0.05) is 6.61 Å². The van der Waals surface area contributed by atoms with Crippen molar-refractivity contribution in [3.05, 3.63) is 12.2 Å². The van der Waals surface area contributed by atoms with Gasteiger partial charge in [0.15, 0.2) is 0 Å². The van der Waals surface area contributed by atoms with Crippen LogP contribution in [-0.2, 0) is 0 Å². The van der Waals surface area contributed by atoms with Gasteiger partial charge in [0.25, 0.3) is 0 Å². The molecule has 50 valence electrons. The van der Waals surface area contributed by atoms with Crippen LogP contribution in [0.1, 0.15) is 19.8 Å². The van der Waals surface area contributed by atoms with Gasteiger partial charge in [-0.05, 0) is 12.8 Å². The smallest absolute Gasteiger partial charge is 0.0465 e. The number of hydrogen-bond donors (Lipinski definition) is 1. The monoisotopic (exact) mass is 134 g/mol. The molecule has 0 unspecified atom stereocenters. The zero-order valence-corrected chi connectivity index (χ0v) is 6.22. The van der Waals surface area contributed by atoms with Crippen molar-refractivity contribution in [2.24, 2.45) is 0 Å². The Kier molecular flexibility index (Phi) is 13.8. The van der Waals surface area contributed by atoms with Gasteiger partial charge in [-0.1, -0.05) is 19.1 Å². The van der Waals surface area contributed by atoms with Crippen molar-refractivity contribution in [1.29, 1.82) is 0 Å². The summed E-state index contributed by atoms with van der Waals surface area (Å²) in [5.41, 5.74) is 0. The highest BCUT2D eigenvalue weighted by Crippen LogP contribution is 1.82. The number of aliphatic hydroxyl groups is 1. The zero-order valence-electron chi connectivity index (χ0n) is 5.22. The third-order valence-electron chi connectivity index (χ3n) is 0.698. The average Bonchev–Trinajstić information content (AvgIpc) is 1.69. The Balaban J connectivity index is 0. The van der Waals surface area contributed by atoms with E-state index in [0.717, 1.165) is 12.8 Å². The normalized spacial score (nSPS) is 9.25. The fraction of sp³-hybridized carbons (Fsp3) is 0.667. The number of hydrogen-bond acceptors (Lipinski definition) is 1. The van der Waals surface area contributed by atoms with E-state index >= 15 is 0 Å². The van der Waals surface area contributed by atoms with Gasteiger partial charge in [-0.2, -0.15) is 13.5 Å². The number of rotatable bonds is 3. The maximum atomic E-state index is 8.24. The molecule has 0 aliphatic rings. The topological polar surface area (TPSA) is 20.2 Å². The first-order valence-electron chi connectivity index (χ1n) is 2.67. The first-order valence-corrected chi connectivity index (χ1v) is 2.67. The SMILES string of the molecule is CCC=CCCO.S. The van der Waals surface area contributed by atoms with E-state index in [1.165, 1.54) is 0 Å². The van der Waals surface area contributed by atoms with Crippen molar-refractivity contribution in [2.45, 2.75) is 19.8 Å². The van der Waals surface area contributed by atoms with Crippen LogP contribution in [0.3, 0.4) is 0 Å². The van der Waals surface area contributed by atoms with Crippen molar-refractivity contribution < 1.29 is 5.11 Å². The highest BCUT2D eigenvalue weighted by atomic mass is 32.1. The number of allylic oxidation sites excluding steroid dienone is 1. The summed E-state index contributed by atoms with van der Waals surface area (Å²) in [5.74, 6) is 0. The van der Waals surface area contributed by atoms with Crippen LogP contribution in [0.15, 0.2) is 12.2 Å². The predicted octanol–water partition coefficient (Wildman–Crippen LogP) is 1.45. The lowest BCUT2D eigenvalue weighted by Crippen LogP contribution is -1.73. The van der Waals surface area contributed by atoms with E-state index in [1.54, 1.807) is 0 Å². The van der Waals surface area contributed by atoms with Crippen LogP contribution in [0, 0.1) is 0 Å². The summed E-state index contributed by atoms with van der Waals surface area (Å²) < 4.78 is 0. The van der Waals surface area contributed by atoms with Crippen molar-refractivity contribution in [3.8, 4) is 0 Å². The first kappa shape index (κ1) is 10.9. The van der Waals surface area contributed by atoms with Gasteiger partial charge in [0.05, 0.1) is 0 Å². The van der Waals surface area contributed by atoms with Crippen LogP contribution in [-0.4, -0.2) is 11.7 Å². The van der Waals surface area contributed by atoms with Crippen LogP contribution < -0.4 is 0 Å². The molecular formula is C6H14OS. The van der Waals surface area contributed by atoms with Gasteiger partial charge in [0.2, 0.25) is 0 Å². The molecule has 1 N–H and O–H groups in total. The van der Waals surface area contributed by atoms with Gasteiger partial charge < -0.3 is 5.11 Å². The molecule has 0 saturated carbocycles. The molecule has 0 rings (SSSR count). The van der Waals surface area contributed by atoms with Crippen LogP contribution in [0.4, 0.5) is 0 Å². The second-order valence-electron chi connectivity index (χ2n) is 1.39. The Bertz CT molecular complexity index is 52.5. The van der Waals surface area contributed by atoms with Crippen molar-refractivity contribution in [1.82, 2.24) is 0 Å². The second kappa shape index (κ2) is 10.1. The summed E-state index contributed by atoms with van der Waals surface area (Å²) in [6.45, 7) is 2.35. The highest BCUT2D eigenvalue weighted by molar-refractivity contribution is 7.59. The highest BCUT2D eigenvalue weighted by Gasteiger charge is 1.68. The zero-order chi connectivity index (χ0) is 5.54. The summed E-state index contributed by atoms with van der Waals surface area (Å²) in [6, 6.07) is 0. The third kappa shape index (κ3) is 9.41. The fourth-order valence-corrected chi connectivity index (χ4v) is 0.359. The van der Waals surface area contributed by atoms with E-state index in [2.05, 4.69) is 13.0 Å². The van der Waals surface area contributed by atoms with E-state index in [-0.39, 0.29) is 20.1 Å². The Morgan fingerprint density at radius 1 is 1.38 bits per heavy atom. The van der Waals surface area contributed by atoms with E-state index in [0.29, 0.717) is 0 Å². The summed E-state index contributed by atoms with van der Waals surface area (Å²) in [4.78, 5) is 0. The average molecular weight is 134 g/mol. The van der Waals surface area contributed by atoms with Crippen LogP contribution in [0.2, 0.25) is 0 Å². The standard InChI is InChI=1S/C6H12O.H2S/c1-2-3-4-5-6-7;/h3-4,7H,2,5-6H2,1H3;1H2. The Labute approximate surface area is 57.9 Å². The molecule has 1 nitrogen and oxygen atoms in total. The van der Waals surface area contributed by atoms with Gasteiger partial charge in [-0.3, -0.25) is 0 Å². The molecule has 0 atom stereocenters. The molecule has 0 bridgehead atoms. The van der Waals surface area contributed by atoms with Crippen LogP contribution in [0.5, 0.6) is 0 Å². The first-order chi connectivity index (χ1) is 3.41. The minimum absolute atomic E-state index is 0. The summed E-state index contributed by atoms with van der Waals surface area (Å²) in [7, 11) is 0. The summed E-state index contributed by atoms with van der Waals surface area (Å²) >= 11 is 0. The molecule has 0 aromatic heterocycles. The quantitative estimate of drug-likeness (QED) is 0.579. The molecule has 0 saturated heterocycles. The lowest BCUT2D eigenvalue weighted by molar-refractivity contribution is 0.302. The maximum Gasteiger partial charge on any atom is 0.0465 e. The lowest BCUT2D eigenvalue weighted by Gasteiger charge is -1.79. The molecular weight excluding hydrogens is 120 g/mol. The molecule has 0 aliphatic heterocycles. The number of aliphatic hydroxyl groups excluding tert-OH is 1. The molecule has 0 aliphatic carbocycles. The molecule has 0 heterocycles. The molecule has 0 radical (unpaired) electrons. The molecule has 0 aromatic rings. The Morgan fingerprint density at radius 2 is 2.00 bits per heavy atom. The third-order valence-corrected chi connectivity index (χ3v) is 0.698. The molecule has 2 heteroatoms. The molecule has 0 spiro atoms. The van der Waals surface area contributed by atoms with Crippen LogP contribution >= 0.6 is 13.5 Å². The van der Waals surface area contributed by atoms with Gasteiger partial charge in [0.1, 0.15) is 0 Å². The van der Waals surface area contributed by atoms with E-state index in [4.69, 9.17) is 5.11 Å². The van der Waals surface area contributed by atoms with Gasteiger partial charge in [-0.15, -0.1) is 0 Å². The Hall–Kier alpha value is 0.0500. The maximum absolute atomic E-state index is 8.24. The van der Waals surface area contributed by atoms with Crippen molar-refractivity contribution >= 4 is 13.5 Å². The van der Waals surface area contributed by atoms with E-state index in [9.17, 15) is 0 Å². The fourth-order valence-electron chi connectivity index (χ4n) is 0.359. The van der Waals surface area contributed by atoms with Crippen molar-refractivity contribution in [2.75, 3.05) is 6.61 Å². The van der Waals surface area contributed by atoms with E-state index in [1.807, 2.05) is 6.08 Å². The minimum atomic E-state index is 0. The van der Waals surface area contributed by atoms with E-state index < -0.39 is 0 Å². The minimum Gasteiger partial charge on any atom is -0.396 e. The molecule has 0 amide bonds. The summed E-state index contributed by atoms with van der Waals surface area (Å²) in [5, 5.41) is 8.24. The largest absolute Gasteiger partial charge is 0.396 e. The van der Waals surface area contributed by atoms with Crippen molar-refractivity contribution in [3.63, 3.8) is 0 Å². The summed E-state index contributed by atoms with van der Waals surface area (Å²) in [6.07, 6.45) is 5.91. The Morgan fingerprint density at radius 3 is 2.38 bits per heavy atom. The predicted molar refractivity (Wildman–Crippen MR) is 41.5 cm³/mol. The van der Waals surface area contributed by atoms with Gasteiger partial charge in [-0.25, -0.2) is 0 Å².